The first-order chi connectivity index (χ1) is 12.0. The number of halogens is 1. The zero-order valence-electron chi connectivity index (χ0n) is 13.8. The predicted molar refractivity (Wildman–Crippen MR) is 90.9 cm³/mol. The molecule has 1 aliphatic heterocycles. The van der Waals surface area contributed by atoms with E-state index >= 15 is 0 Å². The minimum atomic E-state index is -0.391. The number of aromatic nitrogens is 4. The van der Waals surface area contributed by atoms with Crippen LogP contribution in [0.4, 0.5) is 15.0 Å². The van der Waals surface area contributed by atoms with Gasteiger partial charge in [-0.25, -0.2) is 23.7 Å². The van der Waals surface area contributed by atoms with Crippen molar-refractivity contribution in [1.82, 2.24) is 24.8 Å². The molecule has 0 saturated carbocycles. The molecule has 0 saturated heterocycles. The zero-order valence-corrected chi connectivity index (χ0v) is 13.8. The second kappa shape index (κ2) is 5.80. The van der Waals surface area contributed by atoms with Crippen molar-refractivity contribution in [2.45, 2.75) is 32.4 Å². The van der Waals surface area contributed by atoms with Gasteiger partial charge in [0.1, 0.15) is 23.5 Å². The number of carbonyl (C=O) groups is 1. The van der Waals surface area contributed by atoms with Crippen molar-refractivity contribution < 1.29 is 9.18 Å². The summed E-state index contributed by atoms with van der Waals surface area (Å²) >= 11 is 0. The smallest absolute Gasteiger partial charge is 0.328 e. The molecule has 8 heteroatoms. The highest BCUT2D eigenvalue weighted by atomic mass is 19.1. The monoisotopic (exact) mass is 340 g/mol. The van der Waals surface area contributed by atoms with E-state index in [9.17, 15) is 9.18 Å². The highest BCUT2D eigenvalue weighted by Gasteiger charge is 2.20. The largest absolute Gasteiger partial charge is 0.363 e. The molecule has 4 heterocycles. The minimum absolute atomic E-state index is 0.184. The van der Waals surface area contributed by atoms with Gasteiger partial charge in [-0.3, -0.25) is 4.98 Å². The van der Waals surface area contributed by atoms with Crippen LogP contribution in [0.25, 0.3) is 11.2 Å². The summed E-state index contributed by atoms with van der Waals surface area (Å²) in [6, 6.07) is 4.37. The molecule has 0 aliphatic carbocycles. The van der Waals surface area contributed by atoms with Gasteiger partial charge in [0.25, 0.3) is 0 Å². The van der Waals surface area contributed by atoms with Crippen molar-refractivity contribution in [1.29, 1.82) is 0 Å². The maximum Gasteiger partial charge on any atom is 0.328 e. The van der Waals surface area contributed by atoms with Crippen molar-refractivity contribution >= 4 is 23.0 Å². The molecule has 1 aliphatic rings. The third kappa shape index (κ3) is 2.79. The third-order valence-corrected chi connectivity index (χ3v) is 4.28. The SMILES string of the molecule is C[C@H]1Cc2ncc(F)cc2[C@@H](C)Nc2ccc3ncn(c3n2)C(=O)N1. The fourth-order valence-electron chi connectivity index (χ4n) is 3.07. The quantitative estimate of drug-likeness (QED) is 0.657. The molecule has 0 unspecified atom stereocenters. The van der Waals surface area contributed by atoms with E-state index in [4.69, 9.17) is 0 Å². The van der Waals surface area contributed by atoms with Crippen molar-refractivity contribution in [3.8, 4) is 0 Å². The van der Waals surface area contributed by atoms with E-state index in [1.54, 1.807) is 12.1 Å². The molecule has 4 rings (SSSR count). The van der Waals surface area contributed by atoms with Crippen LogP contribution in [0.2, 0.25) is 0 Å². The maximum atomic E-state index is 13.7. The van der Waals surface area contributed by atoms with E-state index in [0.717, 1.165) is 11.3 Å². The number of rotatable bonds is 0. The van der Waals surface area contributed by atoms with Gasteiger partial charge in [-0.05, 0) is 37.6 Å². The van der Waals surface area contributed by atoms with Gasteiger partial charge in [0.2, 0.25) is 0 Å². The predicted octanol–water partition coefficient (Wildman–Crippen LogP) is 2.64. The average molecular weight is 340 g/mol. The topological polar surface area (TPSA) is 84.7 Å². The van der Waals surface area contributed by atoms with Crippen LogP contribution in [0.15, 0.2) is 30.7 Å². The van der Waals surface area contributed by atoms with E-state index in [1.165, 1.54) is 23.2 Å². The lowest BCUT2D eigenvalue weighted by molar-refractivity contribution is 0.240. The van der Waals surface area contributed by atoms with Gasteiger partial charge >= 0.3 is 6.03 Å². The van der Waals surface area contributed by atoms with Crippen molar-refractivity contribution in [3.63, 3.8) is 0 Å². The molecule has 25 heavy (non-hydrogen) atoms. The van der Waals surface area contributed by atoms with Crippen LogP contribution in [0, 0.1) is 5.82 Å². The molecule has 1 amide bonds. The number of anilines is 1. The van der Waals surface area contributed by atoms with Crippen molar-refractivity contribution in [3.05, 3.63) is 47.8 Å². The number of nitrogens with one attached hydrogen (secondary N) is 2. The van der Waals surface area contributed by atoms with E-state index in [0.29, 0.717) is 23.4 Å². The molecule has 0 fully saturated rings. The maximum absolute atomic E-state index is 13.7. The van der Waals surface area contributed by atoms with Crippen LogP contribution in [-0.2, 0) is 6.42 Å². The van der Waals surface area contributed by atoms with Crippen LogP contribution < -0.4 is 10.6 Å². The van der Waals surface area contributed by atoms with Gasteiger partial charge in [0.15, 0.2) is 5.65 Å². The molecule has 2 N–H and O–H groups in total. The Bertz CT molecular complexity index is 969. The number of carbonyl (C=O) groups excluding carboxylic acids is 1. The molecule has 3 aromatic heterocycles. The number of imidazole rings is 1. The standard InChI is InChI=1S/C17H17FN6O/c1-9-5-14-12(6-11(18)7-19-14)10(2)22-15-4-3-13-16(23-15)24(8-20-13)17(25)21-9/h3-4,6-10H,5H2,1-2H3,(H,21,25)(H,22,23)/t9-,10+/m0/s1. The summed E-state index contributed by atoms with van der Waals surface area (Å²) in [5, 5.41) is 6.17. The molecule has 3 aromatic rings. The molecule has 0 spiro atoms. The fraction of sp³-hybridized carbons (Fsp3) is 0.294. The second-order valence-corrected chi connectivity index (χ2v) is 6.26. The summed E-state index contributed by atoms with van der Waals surface area (Å²) in [5.74, 6) is 0.191. The van der Waals surface area contributed by atoms with Crippen LogP contribution in [0.3, 0.4) is 0 Å². The lowest BCUT2D eigenvalue weighted by Crippen LogP contribution is -2.37. The first-order valence-electron chi connectivity index (χ1n) is 8.07. The van der Waals surface area contributed by atoms with Crippen molar-refractivity contribution in [2.75, 3.05) is 5.32 Å². The summed E-state index contributed by atoms with van der Waals surface area (Å²) in [5.41, 5.74) is 2.59. The fourth-order valence-corrected chi connectivity index (χ4v) is 3.07. The Kier molecular flexibility index (Phi) is 3.60. The van der Waals surface area contributed by atoms with Crippen molar-refractivity contribution in [2.24, 2.45) is 0 Å². The van der Waals surface area contributed by atoms with Gasteiger partial charge in [-0.2, -0.15) is 0 Å². The number of hydrogen-bond acceptors (Lipinski definition) is 5. The molecular formula is C17H17FN6O. The highest BCUT2D eigenvalue weighted by Crippen LogP contribution is 2.24. The molecule has 128 valence electrons. The van der Waals surface area contributed by atoms with Gasteiger partial charge in [-0.1, -0.05) is 0 Å². The Morgan fingerprint density at radius 1 is 1.24 bits per heavy atom. The number of pyridine rings is 2. The normalized spacial score (nSPS) is 20.4. The van der Waals surface area contributed by atoms with Crippen LogP contribution in [-0.4, -0.2) is 31.6 Å². The summed E-state index contributed by atoms with van der Waals surface area (Å²) in [6.07, 6.45) is 3.15. The molecule has 0 radical (unpaired) electrons. The third-order valence-electron chi connectivity index (χ3n) is 4.28. The van der Waals surface area contributed by atoms with Gasteiger partial charge < -0.3 is 10.6 Å². The lowest BCUT2D eigenvalue weighted by atomic mass is 10.0. The number of amides is 1. The minimum Gasteiger partial charge on any atom is -0.363 e. The summed E-state index contributed by atoms with van der Waals surface area (Å²) in [6.45, 7) is 3.81. The average Bonchev–Trinajstić information content (AvgIpc) is 2.98. The van der Waals surface area contributed by atoms with E-state index in [-0.39, 0.29) is 18.1 Å². The van der Waals surface area contributed by atoms with Crippen LogP contribution in [0.1, 0.15) is 31.1 Å². The Labute approximate surface area is 143 Å². The first-order valence-corrected chi connectivity index (χ1v) is 8.07. The summed E-state index contributed by atoms with van der Waals surface area (Å²) in [4.78, 5) is 25.4. The van der Waals surface area contributed by atoms with E-state index < -0.39 is 5.82 Å². The zero-order chi connectivity index (χ0) is 17.6. The Morgan fingerprint density at radius 2 is 2.08 bits per heavy atom. The molecular weight excluding hydrogens is 323 g/mol. The summed E-state index contributed by atoms with van der Waals surface area (Å²) in [7, 11) is 0. The lowest BCUT2D eigenvalue weighted by Gasteiger charge is -2.21. The molecule has 2 bridgehead atoms. The van der Waals surface area contributed by atoms with Crippen LogP contribution in [0.5, 0.6) is 0 Å². The van der Waals surface area contributed by atoms with Gasteiger partial charge in [-0.15, -0.1) is 0 Å². The second-order valence-electron chi connectivity index (χ2n) is 6.26. The number of nitrogens with zero attached hydrogens (tertiary/aromatic N) is 4. The van der Waals surface area contributed by atoms with Gasteiger partial charge in [0, 0.05) is 18.2 Å². The molecule has 0 aromatic carbocycles. The van der Waals surface area contributed by atoms with E-state index in [2.05, 4.69) is 25.6 Å². The first kappa shape index (κ1) is 15.5. The van der Waals surface area contributed by atoms with Crippen LogP contribution >= 0.6 is 0 Å². The Morgan fingerprint density at radius 3 is 2.92 bits per heavy atom. The number of hydrogen-bond donors (Lipinski definition) is 2. The highest BCUT2D eigenvalue weighted by molar-refractivity contribution is 5.87. The Balaban J connectivity index is 1.86. The molecule has 2 atom stereocenters. The summed E-state index contributed by atoms with van der Waals surface area (Å²) < 4.78 is 15.1. The number of fused-ring (bicyclic) bond motifs is 2. The van der Waals surface area contributed by atoms with E-state index in [1.807, 2.05) is 13.8 Å². The Hall–Kier alpha value is -3.03. The van der Waals surface area contributed by atoms with Gasteiger partial charge in [0.05, 0.1) is 12.2 Å². The molecule has 7 nitrogen and oxygen atoms in total.